The van der Waals surface area contributed by atoms with E-state index in [0.29, 0.717) is 5.52 Å². The van der Waals surface area contributed by atoms with E-state index >= 15 is 0 Å². The van der Waals surface area contributed by atoms with Gasteiger partial charge in [0.2, 0.25) is 0 Å². The Hall–Kier alpha value is -1.80. The number of aryl methyl sites for hydroxylation is 1. The fourth-order valence-corrected chi connectivity index (χ4v) is 2.08. The number of quaternary nitrogens is 1. The SMILES string of the molecule is Cn1nnc2c(NN3CC[NH+](C)CC3)ncnc21. The van der Waals surface area contributed by atoms with E-state index in [1.807, 2.05) is 7.05 Å². The van der Waals surface area contributed by atoms with E-state index in [-0.39, 0.29) is 0 Å². The lowest BCUT2D eigenvalue weighted by atomic mass is 10.4. The number of fused-ring (bicyclic) bond motifs is 1. The topological polar surface area (TPSA) is 76.2 Å². The van der Waals surface area contributed by atoms with Gasteiger partial charge in [-0.15, -0.1) is 5.10 Å². The zero-order valence-corrected chi connectivity index (χ0v) is 10.6. The first-order chi connectivity index (χ1) is 8.74. The summed E-state index contributed by atoms with van der Waals surface area (Å²) in [4.78, 5) is 9.97. The second kappa shape index (κ2) is 4.46. The molecule has 2 N–H and O–H groups in total. The molecule has 1 saturated heterocycles. The number of anilines is 1. The molecule has 0 aromatic carbocycles. The predicted molar refractivity (Wildman–Crippen MR) is 65.9 cm³/mol. The number of nitrogens with zero attached hydrogens (tertiary/aromatic N) is 6. The summed E-state index contributed by atoms with van der Waals surface area (Å²) < 4.78 is 1.65. The number of likely N-dealkylation sites (N-methyl/N-ethyl adjacent to an activating group) is 1. The van der Waals surface area contributed by atoms with Gasteiger partial charge in [-0.1, -0.05) is 5.21 Å². The number of aromatic nitrogens is 5. The average Bonchev–Trinajstić information content (AvgIpc) is 2.76. The lowest BCUT2D eigenvalue weighted by molar-refractivity contribution is -0.884. The summed E-state index contributed by atoms with van der Waals surface area (Å²) in [6.07, 6.45) is 1.54. The zero-order valence-electron chi connectivity index (χ0n) is 10.6. The highest BCUT2D eigenvalue weighted by Gasteiger charge is 2.18. The number of rotatable bonds is 2. The molecule has 0 amide bonds. The maximum atomic E-state index is 4.25. The van der Waals surface area contributed by atoms with Gasteiger partial charge >= 0.3 is 0 Å². The van der Waals surface area contributed by atoms with Crippen LogP contribution in [0.1, 0.15) is 0 Å². The molecule has 0 bridgehead atoms. The minimum atomic E-state index is 0.714. The average molecular weight is 249 g/mol. The minimum absolute atomic E-state index is 0.714. The Balaban J connectivity index is 1.82. The Labute approximate surface area is 105 Å². The van der Waals surface area contributed by atoms with Gasteiger partial charge in [-0.05, 0) is 0 Å². The fourth-order valence-electron chi connectivity index (χ4n) is 2.08. The first-order valence-electron chi connectivity index (χ1n) is 6.07. The third-order valence-electron chi connectivity index (χ3n) is 3.27. The lowest BCUT2D eigenvalue weighted by Gasteiger charge is -2.30. The lowest BCUT2D eigenvalue weighted by Crippen LogP contribution is -3.12. The third kappa shape index (κ3) is 2.00. The summed E-state index contributed by atoms with van der Waals surface area (Å²) in [5, 5.41) is 10.2. The molecule has 0 unspecified atom stereocenters. The molecule has 0 atom stereocenters. The van der Waals surface area contributed by atoms with Gasteiger partial charge < -0.3 is 10.3 Å². The van der Waals surface area contributed by atoms with Crippen LogP contribution < -0.4 is 10.3 Å². The van der Waals surface area contributed by atoms with Crippen molar-refractivity contribution >= 4 is 17.0 Å². The van der Waals surface area contributed by atoms with Crippen LogP contribution in [-0.2, 0) is 7.05 Å². The summed E-state index contributed by atoms with van der Waals surface area (Å²) in [6.45, 7) is 4.25. The molecule has 1 fully saturated rings. The van der Waals surface area contributed by atoms with Crippen molar-refractivity contribution in [2.24, 2.45) is 7.05 Å². The standard InChI is InChI=1S/C10H16N8/c1-16-3-5-18(6-4-16)14-9-8-10(12-7-11-9)17(2)15-13-8/h7H,3-6H2,1-2H3,(H,11,12,14)/p+1. The van der Waals surface area contributed by atoms with Crippen LogP contribution in [0.5, 0.6) is 0 Å². The Morgan fingerprint density at radius 2 is 2.06 bits per heavy atom. The van der Waals surface area contributed by atoms with E-state index in [1.165, 1.54) is 6.33 Å². The molecule has 2 aromatic rings. The van der Waals surface area contributed by atoms with Crippen LogP contribution in [0.15, 0.2) is 6.33 Å². The first-order valence-corrected chi connectivity index (χ1v) is 6.07. The van der Waals surface area contributed by atoms with Gasteiger partial charge in [-0.25, -0.2) is 19.7 Å². The summed E-state index contributed by atoms with van der Waals surface area (Å²) in [5.74, 6) is 0.729. The minimum Gasteiger partial charge on any atom is -0.335 e. The molecule has 0 spiro atoms. The fraction of sp³-hybridized carbons (Fsp3) is 0.600. The van der Waals surface area contributed by atoms with Crippen molar-refractivity contribution in [1.82, 2.24) is 30.0 Å². The quantitative estimate of drug-likeness (QED) is 0.636. The molecule has 0 aliphatic carbocycles. The van der Waals surface area contributed by atoms with Gasteiger partial charge in [0.05, 0.1) is 33.2 Å². The number of hydrazine groups is 1. The van der Waals surface area contributed by atoms with Gasteiger partial charge in [0.15, 0.2) is 17.0 Å². The predicted octanol–water partition coefficient (Wildman–Crippen LogP) is -2.08. The van der Waals surface area contributed by atoms with E-state index in [1.54, 1.807) is 9.58 Å². The Bertz CT molecular complexity index is 542. The van der Waals surface area contributed by atoms with Gasteiger partial charge in [-0.3, -0.25) is 0 Å². The van der Waals surface area contributed by atoms with Crippen molar-refractivity contribution < 1.29 is 4.90 Å². The monoisotopic (exact) mass is 249 g/mol. The van der Waals surface area contributed by atoms with Crippen LogP contribution in [0.25, 0.3) is 11.2 Å². The molecule has 96 valence electrons. The van der Waals surface area contributed by atoms with E-state index in [0.717, 1.165) is 37.6 Å². The van der Waals surface area contributed by atoms with Crippen LogP contribution in [0.4, 0.5) is 5.82 Å². The van der Waals surface area contributed by atoms with E-state index < -0.39 is 0 Å². The Kier molecular flexibility index (Phi) is 2.80. The van der Waals surface area contributed by atoms with Crippen LogP contribution in [0, 0.1) is 0 Å². The van der Waals surface area contributed by atoms with Crippen LogP contribution >= 0.6 is 0 Å². The maximum absolute atomic E-state index is 4.25. The van der Waals surface area contributed by atoms with Crippen molar-refractivity contribution in [3.63, 3.8) is 0 Å². The largest absolute Gasteiger partial charge is 0.335 e. The highest BCUT2D eigenvalue weighted by molar-refractivity contribution is 5.81. The van der Waals surface area contributed by atoms with Gasteiger partial charge in [-0.2, -0.15) is 0 Å². The normalized spacial score (nSPS) is 18.3. The van der Waals surface area contributed by atoms with Crippen molar-refractivity contribution in [2.45, 2.75) is 0 Å². The van der Waals surface area contributed by atoms with Gasteiger partial charge in [0.1, 0.15) is 6.33 Å². The molecule has 3 rings (SSSR count). The number of hydrogen-bond donors (Lipinski definition) is 2. The molecular formula is C10H17N8+. The van der Waals surface area contributed by atoms with E-state index in [2.05, 4.69) is 37.8 Å². The number of hydrogen-bond acceptors (Lipinski definition) is 6. The molecule has 0 radical (unpaired) electrons. The molecule has 18 heavy (non-hydrogen) atoms. The highest BCUT2D eigenvalue weighted by Crippen LogP contribution is 2.15. The first kappa shape index (κ1) is 11.3. The summed E-state index contributed by atoms with van der Waals surface area (Å²) in [6, 6.07) is 0. The molecule has 1 aliphatic rings. The van der Waals surface area contributed by atoms with Crippen molar-refractivity contribution in [3.05, 3.63) is 6.33 Å². The maximum Gasteiger partial charge on any atom is 0.183 e. The Morgan fingerprint density at radius 3 is 2.83 bits per heavy atom. The van der Waals surface area contributed by atoms with E-state index in [4.69, 9.17) is 0 Å². The number of piperazine rings is 1. The van der Waals surface area contributed by atoms with Crippen molar-refractivity contribution in [2.75, 3.05) is 38.7 Å². The second-order valence-electron chi connectivity index (χ2n) is 4.66. The van der Waals surface area contributed by atoms with Crippen LogP contribution in [0.2, 0.25) is 0 Å². The van der Waals surface area contributed by atoms with Crippen molar-refractivity contribution in [1.29, 1.82) is 0 Å². The summed E-state index contributed by atoms with van der Waals surface area (Å²) in [7, 11) is 4.04. The molecular weight excluding hydrogens is 232 g/mol. The second-order valence-corrected chi connectivity index (χ2v) is 4.66. The van der Waals surface area contributed by atoms with E-state index in [9.17, 15) is 0 Å². The highest BCUT2D eigenvalue weighted by atomic mass is 15.5. The smallest absolute Gasteiger partial charge is 0.183 e. The molecule has 1 aliphatic heterocycles. The van der Waals surface area contributed by atoms with Crippen LogP contribution in [-0.4, -0.2) is 63.2 Å². The molecule has 8 nitrogen and oxygen atoms in total. The van der Waals surface area contributed by atoms with Gasteiger partial charge in [0.25, 0.3) is 0 Å². The number of nitrogens with one attached hydrogen (secondary N) is 2. The van der Waals surface area contributed by atoms with Crippen LogP contribution in [0.3, 0.4) is 0 Å². The molecule has 8 heteroatoms. The molecule has 3 heterocycles. The summed E-state index contributed by atoms with van der Waals surface area (Å²) >= 11 is 0. The zero-order chi connectivity index (χ0) is 12.5. The van der Waals surface area contributed by atoms with Crippen molar-refractivity contribution in [3.8, 4) is 0 Å². The summed E-state index contributed by atoms with van der Waals surface area (Å²) in [5.41, 5.74) is 4.77. The molecule has 0 saturated carbocycles. The molecule has 2 aromatic heterocycles. The Morgan fingerprint density at radius 1 is 1.28 bits per heavy atom. The van der Waals surface area contributed by atoms with Gasteiger partial charge in [0, 0.05) is 7.05 Å². The third-order valence-corrected chi connectivity index (χ3v) is 3.27.